The number of fused-ring (bicyclic) bond motifs is 3. The van der Waals surface area contributed by atoms with E-state index in [0.717, 1.165) is 0 Å². The molecule has 0 radical (unpaired) electrons. The maximum atomic E-state index is 12.2. The summed E-state index contributed by atoms with van der Waals surface area (Å²) in [6.45, 7) is 0. The molecule has 0 unspecified atom stereocenters. The summed E-state index contributed by atoms with van der Waals surface area (Å²) >= 11 is 0. The van der Waals surface area contributed by atoms with Gasteiger partial charge < -0.3 is 10.2 Å². The van der Waals surface area contributed by atoms with Gasteiger partial charge in [0.2, 0.25) is 0 Å². The lowest BCUT2D eigenvalue weighted by atomic mass is 9.85. The van der Waals surface area contributed by atoms with Crippen LogP contribution in [0.25, 0.3) is 0 Å². The molecule has 2 aliphatic heterocycles. The summed E-state index contributed by atoms with van der Waals surface area (Å²) in [6.07, 6.45) is -0.991. The number of hydroxylamine groups is 2. The molecule has 4 rings (SSSR count). The summed E-state index contributed by atoms with van der Waals surface area (Å²) in [7, 11) is 0. The molecule has 0 spiro atoms. The Hall–Kier alpha value is -1.43. The summed E-state index contributed by atoms with van der Waals surface area (Å²) in [5.74, 6) is -0.267. The van der Waals surface area contributed by atoms with Gasteiger partial charge in [-0.05, 0) is 25.0 Å². The molecule has 2 saturated heterocycles. The Morgan fingerprint density at radius 2 is 1.89 bits per heavy atom. The summed E-state index contributed by atoms with van der Waals surface area (Å²) in [5.41, 5.74) is 0.520. The van der Waals surface area contributed by atoms with Crippen LogP contribution in [0.1, 0.15) is 23.2 Å². The van der Waals surface area contributed by atoms with Gasteiger partial charge in [-0.2, -0.15) is 0 Å². The van der Waals surface area contributed by atoms with Crippen LogP contribution in [-0.4, -0.2) is 45.5 Å². The van der Waals surface area contributed by atoms with Gasteiger partial charge in [0.15, 0.2) is 0 Å². The second kappa shape index (κ2) is 4.35. The molecule has 1 aromatic rings. The van der Waals surface area contributed by atoms with Crippen LogP contribution in [0.4, 0.5) is 0 Å². The van der Waals surface area contributed by atoms with E-state index in [1.807, 2.05) is 6.07 Å². The Kier molecular flexibility index (Phi) is 2.81. The quantitative estimate of drug-likeness (QED) is 0.752. The molecule has 2 N–H and O–H groups in total. The van der Waals surface area contributed by atoms with Crippen LogP contribution >= 0.6 is 0 Å². The number of aliphatic hydroxyl groups is 2. The minimum absolute atomic E-state index is 0.267. The van der Waals surface area contributed by atoms with E-state index in [0.29, 0.717) is 18.4 Å². The van der Waals surface area contributed by atoms with Crippen molar-refractivity contribution in [3.05, 3.63) is 35.9 Å². The number of nitrogens with zero attached hydrogens (tertiary/aromatic N) is 1. The van der Waals surface area contributed by atoms with Gasteiger partial charge in [-0.1, -0.05) is 18.2 Å². The first-order valence-electron chi connectivity index (χ1n) is 6.10. The SMILES string of the molecule is O=C(c1ccccc1)N1O[C@H]2CC[C@@H]1[C@H](O)[C@@H]2O. The van der Waals surface area contributed by atoms with Crippen LogP contribution < -0.4 is 0 Å². The molecule has 5 nitrogen and oxygen atoms in total. The molecule has 5 heteroatoms. The Balaban J connectivity index is 1.84. The standard InChI is InChI=1S/C13H15NO4/c15-11-9-6-7-10(12(11)16)18-14(9)13(17)8-4-2-1-3-5-8/h1-5,9-12,15-16H,6-7H2/t9-,10+,11+,12-/m1/s1. The first-order chi connectivity index (χ1) is 8.68. The average molecular weight is 249 g/mol. The fourth-order valence-electron chi connectivity index (χ4n) is 2.63. The Bertz CT molecular complexity index is 448. The van der Waals surface area contributed by atoms with Crippen molar-refractivity contribution in [3.8, 4) is 0 Å². The minimum atomic E-state index is -0.926. The van der Waals surface area contributed by atoms with Crippen LogP contribution in [0.3, 0.4) is 0 Å². The van der Waals surface area contributed by atoms with E-state index in [1.165, 1.54) is 5.06 Å². The van der Waals surface area contributed by atoms with Crippen molar-refractivity contribution >= 4 is 5.91 Å². The van der Waals surface area contributed by atoms with Gasteiger partial charge in [-0.3, -0.25) is 9.63 Å². The van der Waals surface area contributed by atoms with Gasteiger partial charge in [0, 0.05) is 5.56 Å². The van der Waals surface area contributed by atoms with Gasteiger partial charge >= 0.3 is 0 Å². The molecule has 18 heavy (non-hydrogen) atoms. The zero-order chi connectivity index (χ0) is 12.7. The van der Waals surface area contributed by atoms with Crippen molar-refractivity contribution in [1.29, 1.82) is 0 Å². The largest absolute Gasteiger partial charge is 0.388 e. The van der Waals surface area contributed by atoms with Crippen LogP contribution in [-0.2, 0) is 4.84 Å². The normalized spacial score (nSPS) is 34.7. The van der Waals surface area contributed by atoms with Gasteiger partial charge in [0.1, 0.15) is 18.3 Å². The molecule has 1 aliphatic carbocycles. The molecule has 1 saturated carbocycles. The van der Waals surface area contributed by atoms with Crippen molar-refractivity contribution in [2.45, 2.75) is 37.2 Å². The highest BCUT2D eigenvalue weighted by Crippen LogP contribution is 2.34. The highest BCUT2D eigenvalue weighted by atomic mass is 16.7. The number of carbonyl (C=O) groups excluding carboxylic acids is 1. The maximum absolute atomic E-state index is 12.2. The van der Waals surface area contributed by atoms with Crippen molar-refractivity contribution < 1.29 is 19.8 Å². The maximum Gasteiger partial charge on any atom is 0.277 e. The molecule has 1 aromatic carbocycles. The number of hydrogen-bond donors (Lipinski definition) is 2. The Labute approximate surface area is 105 Å². The molecule has 4 atom stereocenters. The number of amides is 1. The topological polar surface area (TPSA) is 70.0 Å². The van der Waals surface area contributed by atoms with Gasteiger partial charge in [0.05, 0.1) is 6.04 Å². The second-order valence-electron chi connectivity index (χ2n) is 4.77. The predicted molar refractivity (Wildman–Crippen MR) is 62.5 cm³/mol. The van der Waals surface area contributed by atoms with E-state index >= 15 is 0 Å². The molecule has 0 aromatic heterocycles. The third-order valence-electron chi connectivity index (χ3n) is 3.64. The average Bonchev–Trinajstić information content (AvgIpc) is 2.44. The van der Waals surface area contributed by atoms with Crippen molar-refractivity contribution in [2.24, 2.45) is 0 Å². The third-order valence-corrected chi connectivity index (χ3v) is 3.64. The van der Waals surface area contributed by atoms with E-state index < -0.39 is 24.4 Å². The molecular formula is C13H15NO4. The number of aliphatic hydroxyl groups excluding tert-OH is 2. The number of rotatable bonds is 1. The van der Waals surface area contributed by atoms with Crippen molar-refractivity contribution in [1.82, 2.24) is 5.06 Å². The smallest absolute Gasteiger partial charge is 0.277 e. The minimum Gasteiger partial charge on any atom is -0.388 e. The first-order valence-corrected chi connectivity index (χ1v) is 6.10. The van der Waals surface area contributed by atoms with E-state index in [4.69, 9.17) is 4.84 Å². The van der Waals surface area contributed by atoms with Crippen LogP contribution in [0.5, 0.6) is 0 Å². The fraction of sp³-hybridized carbons (Fsp3) is 0.462. The predicted octanol–water partition coefficient (Wildman–Crippen LogP) is 0.327. The van der Waals surface area contributed by atoms with Crippen LogP contribution in [0, 0.1) is 0 Å². The van der Waals surface area contributed by atoms with Crippen molar-refractivity contribution in [2.75, 3.05) is 0 Å². The molecule has 1 amide bonds. The van der Waals surface area contributed by atoms with Crippen molar-refractivity contribution in [3.63, 3.8) is 0 Å². The zero-order valence-corrected chi connectivity index (χ0v) is 9.77. The lowest BCUT2D eigenvalue weighted by Crippen LogP contribution is -2.65. The monoisotopic (exact) mass is 249 g/mol. The van der Waals surface area contributed by atoms with Gasteiger partial charge in [0.25, 0.3) is 5.91 Å². The first kappa shape index (κ1) is 11.6. The van der Waals surface area contributed by atoms with E-state index in [2.05, 4.69) is 0 Å². The van der Waals surface area contributed by atoms with Gasteiger partial charge in [-0.25, -0.2) is 5.06 Å². The fourth-order valence-corrected chi connectivity index (χ4v) is 2.63. The summed E-state index contributed by atoms with van der Waals surface area (Å²) in [4.78, 5) is 17.7. The Morgan fingerprint density at radius 3 is 2.56 bits per heavy atom. The van der Waals surface area contributed by atoms with Crippen LogP contribution in [0.2, 0.25) is 0 Å². The highest BCUT2D eigenvalue weighted by Gasteiger charge is 2.49. The van der Waals surface area contributed by atoms with Gasteiger partial charge in [-0.15, -0.1) is 0 Å². The van der Waals surface area contributed by atoms with E-state index in [-0.39, 0.29) is 5.91 Å². The molecule has 3 aliphatic rings. The number of benzene rings is 1. The highest BCUT2D eigenvalue weighted by molar-refractivity contribution is 5.93. The Morgan fingerprint density at radius 1 is 1.17 bits per heavy atom. The van der Waals surface area contributed by atoms with E-state index in [1.54, 1.807) is 24.3 Å². The second-order valence-corrected chi connectivity index (χ2v) is 4.77. The lowest BCUT2D eigenvalue weighted by Gasteiger charge is -2.49. The zero-order valence-electron chi connectivity index (χ0n) is 9.77. The molecule has 2 heterocycles. The molecular weight excluding hydrogens is 234 g/mol. The van der Waals surface area contributed by atoms with Crippen LogP contribution in [0.15, 0.2) is 30.3 Å². The third kappa shape index (κ3) is 1.71. The molecule has 2 bridgehead atoms. The summed E-state index contributed by atoms with van der Waals surface area (Å²) < 4.78 is 0. The van der Waals surface area contributed by atoms with E-state index in [9.17, 15) is 15.0 Å². The molecule has 3 fully saturated rings. The number of carbonyl (C=O) groups is 1. The molecule has 96 valence electrons. The number of hydrogen-bond acceptors (Lipinski definition) is 4. The summed E-state index contributed by atoms with van der Waals surface area (Å²) in [6, 6.07) is 8.34. The summed E-state index contributed by atoms with van der Waals surface area (Å²) in [5, 5.41) is 20.9. The lowest BCUT2D eigenvalue weighted by molar-refractivity contribution is -0.306.